The van der Waals surface area contributed by atoms with Crippen LogP contribution in [0.3, 0.4) is 0 Å². The van der Waals surface area contributed by atoms with Crippen molar-refractivity contribution in [3.63, 3.8) is 0 Å². The van der Waals surface area contributed by atoms with Crippen molar-refractivity contribution in [2.24, 2.45) is 7.05 Å². The Bertz CT molecular complexity index is 420. The van der Waals surface area contributed by atoms with Crippen molar-refractivity contribution < 1.29 is 17.9 Å². The Morgan fingerprint density at radius 3 is 2.67 bits per heavy atom. The molecule has 2 heterocycles. The third-order valence-electron chi connectivity index (χ3n) is 3.25. The van der Waals surface area contributed by atoms with Crippen molar-refractivity contribution >= 4 is 0 Å². The lowest BCUT2D eigenvalue weighted by Crippen LogP contribution is -2.49. The van der Waals surface area contributed by atoms with Gasteiger partial charge in [-0.1, -0.05) is 5.21 Å². The molecule has 0 N–H and O–H groups in total. The summed E-state index contributed by atoms with van der Waals surface area (Å²) < 4.78 is 45.1. The monoisotopic (exact) mass is 264 g/mol. The third-order valence-corrected chi connectivity index (χ3v) is 3.25. The molecule has 0 aliphatic carbocycles. The minimum atomic E-state index is -4.35. The van der Waals surface area contributed by atoms with Gasteiger partial charge in [0.2, 0.25) is 0 Å². The van der Waals surface area contributed by atoms with E-state index in [1.54, 1.807) is 18.1 Å². The van der Waals surface area contributed by atoms with Crippen LogP contribution in [0.2, 0.25) is 0 Å². The first-order valence-electron chi connectivity index (χ1n) is 5.56. The fourth-order valence-electron chi connectivity index (χ4n) is 2.20. The molecule has 8 heteroatoms. The van der Waals surface area contributed by atoms with Crippen LogP contribution < -0.4 is 0 Å². The van der Waals surface area contributed by atoms with Gasteiger partial charge in [-0.2, -0.15) is 13.2 Å². The predicted octanol–water partition coefficient (Wildman–Crippen LogP) is 0.968. The average Bonchev–Trinajstić information content (AvgIpc) is 2.85. The first-order chi connectivity index (χ1) is 8.36. The van der Waals surface area contributed by atoms with Crippen LogP contribution in [0.25, 0.3) is 0 Å². The highest BCUT2D eigenvalue weighted by Crippen LogP contribution is 2.40. The van der Waals surface area contributed by atoms with Gasteiger partial charge >= 0.3 is 6.18 Å². The van der Waals surface area contributed by atoms with E-state index < -0.39 is 11.8 Å². The maximum absolute atomic E-state index is 12.9. The lowest BCUT2D eigenvalue weighted by Gasteiger charge is -2.30. The second-order valence-electron chi connectivity index (χ2n) is 4.54. The van der Waals surface area contributed by atoms with Gasteiger partial charge in [0, 0.05) is 40.0 Å². The smallest absolute Gasteiger partial charge is 0.367 e. The number of rotatable bonds is 3. The number of hydrogen-bond acceptors (Lipinski definition) is 4. The number of likely N-dealkylation sites (tertiary alicyclic amines) is 1. The Morgan fingerprint density at radius 2 is 2.22 bits per heavy atom. The number of methoxy groups -OCH3 is 1. The number of alkyl halides is 3. The van der Waals surface area contributed by atoms with E-state index in [9.17, 15) is 13.2 Å². The fourth-order valence-corrected chi connectivity index (χ4v) is 2.20. The minimum Gasteiger partial charge on any atom is -0.367 e. The van der Waals surface area contributed by atoms with Gasteiger partial charge in [-0.15, -0.1) is 5.10 Å². The second-order valence-corrected chi connectivity index (χ2v) is 4.54. The second kappa shape index (κ2) is 4.51. The van der Waals surface area contributed by atoms with Crippen molar-refractivity contribution in [3.8, 4) is 0 Å². The summed E-state index contributed by atoms with van der Waals surface area (Å²) in [6.07, 6.45) is -2.70. The van der Waals surface area contributed by atoms with E-state index in [1.807, 2.05) is 0 Å². The zero-order valence-corrected chi connectivity index (χ0v) is 10.2. The van der Waals surface area contributed by atoms with Gasteiger partial charge in [0.05, 0.1) is 5.69 Å². The van der Waals surface area contributed by atoms with Crippen LogP contribution in [0, 0.1) is 0 Å². The lowest BCUT2D eigenvalue weighted by atomic mass is 10.0. The van der Waals surface area contributed by atoms with Crippen LogP contribution >= 0.6 is 0 Å². The molecule has 0 radical (unpaired) electrons. The highest BCUT2D eigenvalue weighted by Gasteiger charge is 2.58. The minimum absolute atomic E-state index is 0.0484. The van der Waals surface area contributed by atoms with Gasteiger partial charge in [-0.25, -0.2) is 0 Å². The van der Waals surface area contributed by atoms with Crippen LogP contribution in [0.15, 0.2) is 6.20 Å². The maximum Gasteiger partial charge on any atom is 0.418 e. The van der Waals surface area contributed by atoms with E-state index in [1.165, 1.54) is 4.68 Å². The lowest BCUT2D eigenvalue weighted by molar-refractivity contribution is -0.264. The molecular formula is C10H15F3N4O. The van der Waals surface area contributed by atoms with E-state index in [0.29, 0.717) is 18.8 Å². The zero-order chi connectivity index (χ0) is 13.4. The highest BCUT2D eigenvalue weighted by atomic mass is 19.4. The van der Waals surface area contributed by atoms with Crippen LogP contribution in [0.4, 0.5) is 13.2 Å². The predicted molar refractivity (Wildman–Crippen MR) is 56.7 cm³/mol. The molecule has 0 bridgehead atoms. The number of halogens is 3. The van der Waals surface area contributed by atoms with Gasteiger partial charge in [0.1, 0.15) is 0 Å². The molecule has 1 aliphatic rings. The van der Waals surface area contributed by atoms with Gasteiger partial charge in [0.15, 0.2) is 5.60 Å². The van der Waals surface area contributed by atoms with Crippen molar-refractivity contribution in [2.45, 2.75) is 24.7 Å². The Labute approximate surface area is 103 Å². The molecule has 0 amide bonds. The van der Waals surface area contributed by atoms with Crippen LogP contribution in [-0.2, 0) is 18.3 Å². The quantitative estimate of drug-likeness (QED) is 0.816. The zero-order valence-electron chi connectivity index (χ0n) is 10.2. The summed E-state index contributed by atoms with van der Waals surface area (Å²) >= 11 is 0. The first kappa shape index (κ1) is 13.3. The molecule has 1 atom stereocenters. The van der Waals surface area contributed by atoms with Gasteiger partial charge < -0.3 is 4.74 Å². The third kappa shape index (κ3) is 2.35. The number of hydrogen-bond donors (Lipinski definition) is 0. The molecule has 1 saturated heterocycles. The van der Waals surface area contributed by atoms with Crippen molar-refractivity contribution in [2.75, 3.05) is 20.2 Å². The van der Waals surface area contributed by atoms with Crippen LogP contribution in [0.1, 0.15) is 12.1 Å². The molecule has 1 fully saturated rings. The molecule has 0 spiro atoms. The maximum atomic E-state index is 12.9. The molecule has 2 rings (SSSR count). The Balaban J connectivity index is 2.03. The Kier molecular flexibility index (Phi) is 3.33. The average molecular weight is 264 g/mol. The summed E-state index contributed by atoms with van der Waals surface area (Å²) in [5.74, 6) is 0. The molecule has 0 saturated carbocycles. The number of aryl methyl sites for hydroxylation is 1. The number of ether oxygens (including phenoxy) is 1. The molecule has 18 heavy (non-hydrogen) atoms. The Hall–Kier alpha value is -1.15. The van der Waals surface area contributed by atoms with Crippen LogP contribution in [0.5, 0.6) is 0 Å². The van der Waals surface area contributed by atoms with Gasteiger partial charge in [0.25, 0.3) is 0 Å². The normalized spacial score (nSPS) is 25.8. The molecule has 1 aromatic heterocycles. The summed E-state index contributed by atoms with van der Waals surface area (Å²) in [7, 11) is 2.83. The molecule has 5 nitrogen and oxygen atoms in total. The summed E-state index contributed by atoms with van der Waals surface area (Å²) in [6.45, 7) is 0.530. The number of aromatic nitrogens is 3. The van der Waals surface area contributed by atoms with E-state index in [-0.39, 0.29) is 13.0 Å². The summed E-state index contributed by atoms with van der Waals surface area (Å²) in [4.78, 5) is 1.68. The largest absolute Gasteiger partial charge is 0.418 e. The topological polar surface area (TPSA) is 43.2 Å². The molecule has 1 aliphatic heterocycles. The first-order valence-corrected chi connectivity index (χ1v) is 5.56. The van der Waals surface area contributed by atoms with E-state index >= 15 is 0 Å². The number of nitrogens with zero attached hydrogens (tertiary/aromatic N) is 4. The SMILES string of the molecule is COC1(C(F)(F)F)CCN(Cc2cn(C)nn2)C1. The molecule has 1 unspecified atom stereocenters. The van der Waals surface area contributed by atoms with E-state index in [0.717, 1.165) is 7.11 Å². The standard InChI is InChI=1S/C10H15F3N4O/c1-16-5-8(14-15-16)6-17-4-3-9(7-17,18-2)10(11,12)13/h5H,3-4,6-7H2,1-2H3. The van der Waals surface area contributed by atoms with Crippen molar-refractivity contribution in [1.82, 2.24) is 19.9 Å². The van der Waals surface area contributed by atoms with Crippen LogP contribution in [-0.4, -0.2) is 51.9 Å². The molecular weight excluding hydrogens is 249 g/mol. The van der Waals surface area contributed by atoms with Crippen molar-refractivity contribution in [1.29, 1.82) is 0 Å². The highest BCUT2D eigenvalue weighted by molar-refractivity contribution is 5.00. The van der Waals surface area contributed by atoms with Gasteiger partial charge in [-0.05, 0) is 6.42 Å². The van der Waals surface area contributed by atoms with Crippen molar-refractivity contribution in [3.05, 3.63) is 11.9 Å². The summed E-state index contributed by atoms with van der Waals surface area (Å²) in [5, 5.41) is 7.61. The summed E-state index contributed by atoms with van der Waals surface area (Å²) in [6, 6.07) is 0. The van der Waals surface area contributed by atoms with Gasteiger partial charge in [-0.3, -0.25) is 9.58 Å². The fraction of sp³-hybridized carbons (Fsp3) is 0.800. The molecule has 0 aromatic carbocycles. The summed E-state index contributed by atoms with van der Waals surface area (Å²) in [5.41, 5.74) is -1.39. The van der Waals surface area contributed by atoms with E-state index in [4.69, 9.17) is 4.74 Å². The molecule has 1 aromatic rings. The molecule has 102 valence electrons. The van der Waals surface area contributed by atoms with E-state index in [2.05, 4.69) is 10.3 Å². The Morgan fingerprint density at radius 1 is 1.50 bits per heavy atom.